The fourth-order valence-corrected chi connectivity index (χ4v) is 2.43. The Bertz CT molecular complexity index is 693. The Labute approximate surface area is 129 Å². The summed E-state index contributed by atoms with van der Waals surface area (Å²) in [5.41, 5.74) is 0.965. The number of benzene rings is 2. The minimum absolute atomic E-state index is 0.122. The fourth-order valence-electron chi connectivity index (χ4n) is 2.07. The second kappa shape index (κ2) is 5.73. The third-order valence-electron chi connectivity index (χ3n) is 3.11. The molecule has 0 aromatic heterocycles. The monoisotopic (exact) mass is 350 g/mol. The van der Waals surface area contributed by atoms with E-state index in [4.69, 9.17) is 4.74 Å². The topological polar surface area (TPSA) is 50.4 Å². The summed E-state index contributed by atoms with van der Waals surface area (Å²) in [4.78, 5) is 12.2. The van der Waals surface area contributed by atoms with E-state index < -0.39 is 17.8 Å². The number of hydrogen-bond acceptors (Lipinski definition) is 3. The molecule has 0 bridgehead atoms. The molecule has 6 heteroatoms. The number of ether oxygens (including phenoxy) is 1. The Hall–Kier alpha value is -2.08. The molecule has 1 amide bonds. The fraction of sp³-hybridized carbons (Fsp3) is 0.133. The first-order valence-corrected chi connectivity index (χ1v) is 7.18. The summed E-state index contributed by atoms with van der Waals surface area (Å²) in [6.45, 7) is 0.332. The maximum Gasteiger partial charge on any atom is 0.267 e. The van der Waals surface area contributed by atoms with Gasteiger partial charge in [0.2, 0.25) is 0 Å². The van der Waals surface area contributed by atoms with Crippen LogP contribution in [0, 0.1) is 5.82 Å². The first-order chi connectivity index (χ1) is 10.1. The molecule has 1 unspecified atom stereocenters. The van der Waals surface area contributed by atoms with Gasteiger partial charge >= 0.3 is 0 Å². The van der Waals surface area contributed by atoms with Gasteiger partial charge in [-0.15, -0.1) is 0 Å². The third kappa shape index (κ3) is 3.00. The quantitative estimate of drug-likeness (QED) is 0.872. The largest absolute Gasteiger partial charge is 0.477 e. The molecule has 108 valence electrons. The SMILES string of the molecule is O=C(Nc1cc(Br)ccc1F)C1CNc2ccccc2O1. The van der Waals surface area contributed by atoms with Crippen LogP contribution in [0.1, 0.15) is 0 Å². The van der Waals surface area contributed by atoms with E-state index in [1.54, 1.807) is 12.1 Å². The average molecular weight is 351 g/mol. The van der Waals surface area contributed by atoms with Gasteiger partial charge in [0.05, 0.1) is 17.9 Å². The molecule has 3 rings (SSSR count). The van der Waals surface area contributed by atoms with Crippen molar-refractivity contribution in [3.63, 3.8) is 0 Å². The Morgan fingerprint density at radius 2 is 2.14 bits per heavy atom. The number of amides is 1. The van der Waals surface area contributed by atoms with Crippen molar-refractivity contribution in [2.75, 3.05) is 17.2 Å². The van der Waals surface area contributed by atoms with Crippen molar-refractivity contribution in [2.45, 2.75) is 6.10 Å². The Kier molecular flexibility index (Phi) is 3.79. The smallest absolute Gasteiger partial charge is 0.267 e. The van der Waals surface area contributed by atoms with Gasteiger partial charge in [-0.2, -0.15) is 0 Å². The first kappa shape index (κ1) is 13.9. The van der Waals surface area contributed by atoms with Crippen molar-refractivity contribution in [2.24, 2.45) is 0 Å². The molecular weight excluding hydrogens is 339 g/mol. The van der Waals surface area contributed by atoms with E-state index in [0.29, 0.717) is 16.8 Å². The summed E-state index contributed by atoms with van der Waals surface area (Å²) in [5, 5.41) is 5.66. The number of anilines is 2. The van der Waals surface area contributed by atoms with E-state index >= 15 is 0 Å². The number of halogens is 2. The van der Waals surface area contributed by atoms with Crippen LogP contribution in [0.25, 0.3) is 0 Å². The van der Waals surface area contributed by atoms with Crippen LogP contribution in [0.2, 0.25) is 0 Å². The van der Waals surface area contributed by atoms with Crippen molar-refractivity contribution in [3.05, 3.63) is 52.8 Å². The maximum atomic E-state index is 13.6. The summed E-state index contributed by atoms with van der Waals surface area (Å²) in [6, 6.07) is 11.7. The number of fused-ring (bicyclic) bond motifs is 1. The van der Waals surface area contributed by atoms with E-state index in [1.807, 2.05) is 18.2 Å². The lowest BCUT2D eigenvalue weighted by atomic mass is 10.2. The Balaban J connectivity index is 1.74. The zero-order chi connectivity index (χ0) is 14.8. The zero-order valence-corrected chi connectivity index (χ0v) is 12.5. The van der Waals surface area contributed by atoms with E-state index in [1.165, 1.54) is 12.1 Å². The van der Waals surface area contributed by atoms with Crippen molar-refractivity contribution in [3.8, 4) is 5.75 Å². The molecule has 2 aromatic carbocycles. The highest BCUT2D eigenvalue weighted by Crippen LogP contribution is 2.28. The van der Waals surface area contributed by atoms with Crippen molar-refractivity contribution in [1.29, 1.82) is 0 Å². The highest BCUT2D eigenvalue weighted by Gasteiger charge is 2.26. The van der Waals surface area contributed by atoms with Crippen LogP contribution in [0.3, 0.4) is 0 Å². The predicted octanol–water partition coefficient (Wildman–Crippen LogP) is 3.40. The van der Waals surface area contributed by atoms with Crippen LogP contribution in [-0.2, 0) is 4.79 Å². The molecule has 1 atom stereocenters. The molecule has 4 nitrogen and oxygen atoms in total. The molecule has 0 fully saturated rings. The predicted molar refractivity (Wildman–Crippen MR) is 82.1 cm³/mol. The number of rotatable bonds is 2. The van der Waals surface area contributed by atoms with Crippen LogP contribution in [-0.4, -0.2) is 18.6 Å². The van der Waals surface area contributed by atoms with Gasteiger partial charge in [0.1, 0.15) is 11.6 Å². The van der Waals surface area contributed by atoms with Crippen molar-refractivity contribution >= 4 is 33.2 Å². The number of para-hydroxylation sites is 2. The van der Waals surface area contributed by atoms with Crippen molar-refractivity contribution in [1.82, 2.24) is 0 Å². The standard InChI is InChI=1S/C15H12BrFN2O2/c16-9-5-6-10(17)12(7-9)19-15(20)14-8-18-11-3-1-2-4-13(11)21-14/h1-7,14,18H,8H2,(H,19,20). The maximum absolute atomic E-state index is 13.6. The highest BCUT2D eigenvalue weighted by atomic mass is 79.9. The van der Waals surface area contributed by atoms with Gasteiger partial charge < -0.3 is 15.4 Å². The summed E-state index contributed by atoms with van der Waals surface area (Å²) in [7, 11) is 0. The molecule has 1 aliphatic heterocycles. The average Bonchev–Trinajstić information content (AvgIpc) is 2.50. The molecule has 0 aliphatic carbocycles. The van der Waals surface area contributed by atoms with Gasteiger partial charge in [-0.25, -0.2) is 4.39 Å². The second-order valence-corrected chi connectivity index (χ2v) is 5.51. The van der Waals surface area contributed by atoms with Gasteiger partial charge in [-0.3, -0.25) is 4.79 Å². The number of hydrogen-bond donors (Lipinski definition) is 2. The summed E-state index contributed by atoms with van der Waals surface area (Å²) < 4.78 is 20.0. The molecule has 0 saturated carbocycles. The van der Waals surface area contributed by atoms with Gasteiger partial charge in [0.15, 0.2) is 6.10 Å². The van der Waals surface area contributed by atoms with Gasteiger partial charge in [-0.05, 0) is 30.3 Å². The highest BCUT2D eigenvalue weighted by molar-refractivity contribution is 9.10. The number of nitrogens with one attached hydrogen (secondary N) is 2. The molecule has 0 saturated heterocycles. The molecular formula is C15H12BrFN2O2. The number of carbonyl (C=O) groups excluding carboxylic acids is 1. The molecule has 1 heterocycles. The molecule has 2 aromatic rings. The summed E-state index contributed by atoms with van der Waals surface area (Å²) in [5.74, 6) is -0.275. The lowest BCUT2D eigenvalue weighted by Crippen LogP contribution is -2.41. The molecule has 0 spiro atoms. The van der Waals surface area contributed by atoms with Crippen LogP contribution in [0.5, 0.6) is 5.75 Å². The lowest BCUT2D eigenvalue weighted by Gasteiger charge is -2.26. The summed E-state index contributed by atoms with van der Waals surface area (Å²) >= 11 is 3.24. The Morgan fingerprint density at radius 3 is 3.00 bits per heavy atom. The first-order valence-electron chi connectivity index (χ1n) is 6.39. The Morgan fingerprint density at radius 1 is 1.33 bits per heavy atom. The van der Waals surface area contributed by atoms with Crippen LogP contribution in [0.4, 0.5) is 15.8 Å². The van der Waals surface area contributed by atoms with E-state index in [2.05, 4.69) is 26.6 Å². The molecule has 21 heavy (non-hydrogen) atoms. The minimum Gasteiger partial charge on any atom is -0.477 e. The molecule has 2 N–H and O–H groups in total. The van der Waals surface area contributed by atoms with Crippen LogP contribution >= 0.6 is 15.9 Å². The second-order valence-electron chi connectivity index (χ2n) is 4.60. The number of carbonyl (C=O) groups is 1. The van der Waals surface area contributed by atoms with E-state index in [0.717, 1.165) is 5.69 Å². The van der Waals surface area contributed by atoms with Crippen LogP contribution in [0.15, 0.2) is 46.9 Å². The minimum atomic E-state index is -0.710. The van der Waals surface area contributed by atoms with Crippen LogP contribution < -0.4 is 15.4 Å². The summed E-state index contributed by atoms with van der Waals surface area (Å²) in [6.07, 6.45) is -0.710. The van der Waals surface area contributed by atoms with E-state index in [-0.39, 0.29) is 5.69 Å². The lowest BCUT2D eigenvalue weighted by molar-refractivity contribution is -0.122. The normalized spacial score (nSPS) is 16.4. The zero-order valence-electron chi connectivity index (χ0n) is 10.9. The van der Waals surface area contributed by atoms with E-state index in [9.17, 15) is 9.18 Å². The van der Waals surface area contributed by atoms with Crippen molar-refractivity contribution < 1.29 is 13.9 Å². The van der Waals surface area contributed by atoms with Gasteiger partial charge in [-0.1, -0.05) is 28.1 Å². The van der Waals surface area contributed by atoms with Gasteiger partial charge in [0.25, 0.3) is 5.91 Å². The molecule has 1 aliphatic rings. The molecule has 0 radical (unpaired) electrons. The third-order valence-corrected chi connectivity index (χ3v) is 3.61. The van der Waals surface area contributed by atoms with Gasteiger partial charge in [0, 0.05) is 4.47 Å².